The smallest absolute Gasteiger partial charge is 0.0355 e. The zero-order valence-corrected chi connectivity index (χ0v) is 12.3. The molecule has 0 atom stereocenters. The first-order valence-corrected chi connectivity index (χ1v) is 7.86. The lowest BCUT2D eigenvalue weighted by atomic mass is 10.0. The summed E-state index contributed by atoms with van der Waals surface area (Å²) in [5.74, 6) is 0. The summed E-state index contributed by atoms with van der Waals surface area (Å²) in [6.45, 7) is 0. The van der Waals surface area contributed by atoms with E-state index >= 15 is 0 Å². The molecule has 100 valence electrons. The molecule has 0 aliphatic carbocycles. The van der Waals surface area contributed by atoms with Crippen molar-refractivity contribution in [2.45, 2.75) is 0 Å². The molecule has 21 heavy (non-hydrogen) atoms. The Morgan fingerprint density at radius 3 is 2.10 bits per heavy atom. The Labute approximate surface area is 128 Å². The van der Waals surface area contributed by atoms with Gasteiger partial charge in [0.05, 0.1) is 0 Å². The third-order valence-electron chi connectivity index (χ3n) is 3.68. The van der Waals surface area contributed by atoms with Gasteiger partial charge in [-0.05, 0) is 40.3 Å². The number of hydrogen-bond donors (Lipinski definition) is 0. The van der Waals surface area contributed by atoms with Crippen molar-refractivity contribution in [1.29, 1.82) is 0 Å². The second kappa shape index (κ2) is 5.19. The molecule has 1 aromatic heterocycles. The molecular formula is C20H14S. The third kappa shape index (κ3) is 2.37. The van der Waals surface area contributed by atoms with Gasteiger partial charge in [0.1, 0.15) is 0 Å². The van der Waals surface area contributed by atoms with Crippen molar-refractivity contribution < 1.29 is 0 Å². The lowest BCUT2D eigenvalue weighted by Crippen LogP contribution is -1.78. The minimum Gasteiger partial charge on any atom is -0.135 e. The maximum Gasteiger partial charge on any atom is 0.0355 e. The van der Waals surface area contributed by atoms with Crippen LogP contribution >= 0.6 is 11.3 Å². The quantitative estimate of drug-likeness (QED) is 0.409. The maximum atomic E-state index is 2.28. The maximum absolute atomic E-state index is 2.28. The van der Waals surface area contributed by atoms with Crippen LogP contribution < -0.4 is 0 Å². The zero-order chi connectivity index (χ0) is 14.1. The normalized spacial score (nSPS) is 10.9. The standard InChI is InChI=1S/C20H14S/c1-2-7-15(8-3-1)16-10-6-11-17(13-16)20-14-18-9-4-5-12-19(18)21-20/h1-14H. The molecular weight excluding hydrogens is 272 g/mol. The first-order chi connectivity index (χ1) is 10.4. The van der Waals surface area contributed by atoms with E-state index in [-0.39, 0.29) is 0 Å². The van der Waals surface area contributed by atoms with Gasteiger partial charge in [0.25, 0.3) is 0 Å². The average Bonchev–Trinajstić information content (AvgIpc) is 3.00. The van der Waals surface area contributed by atoms with E-state index in [1.54, 1.807) is 0 Å². The van der Waals surface area contributed by atoms with Gasteiger partial charge in [-0.3, -0.25) is 0 Å². The van der Waals surface area contributed by atoms with Crippen LogP contribution in [0.4, 0.5) is 0 Å². The highest BCUT2D eigenvalue weighted by atomic mass is 32.1. The van der Waals surface area contributed by atoms with E-state index in [1.807, 2.05) is 11.3 Å². The van der Waals surface area contributed by atoms with E-state index in [0.717, 1.165) is 0 Å². The van der Waals surface area contributed by atoms with E-state index in [4.69, 9.17) is 0 Å². The highest BCUT2D eigenvalue weighted by Gasteiger charge is 2.05. The zero-order valence-electron chi connectivity index (χ0n) is 11.5. The second-order valence-corrected chi connectivity index (χ2v) is 6.18. The van der Waals surface area contributed by atoms with Crippen LogP contribution in [0.1, 0.15) is 0 Å². The fraction of sp³-hybridized carbons (Fsp3) is 0. The van der Waals surface area contributed by atoms with Gasteiger partial charge in [-0.15, -0.1) is 11.3 Å². The van der Waals surface area contributed by atoms with Crippen LogP contribution in [0, 0.1) is 0 Å². The monoisotopic (exact) mass is 286 g/mol. The van der Waals surface area contributed by atoms with Crippen LogP contribution in [-0.4, -0.2) is 0 Å². The molecule has 4 rings (SSSR count). The third-order valence-corrected chi connectivity index (χ3v) is 4.84. The summed E-state index contributed by atoms with van der Waals surface area (Å²) >= 11 is 1.85. The summed E-state index contributed by atoms with van der Waals surface area (Å²) in [7, 11) is 0. The van der Waals surface area contributed by atoms with Gasteiger partial charge in [-0.2, -0.15) is 0 Å². The van der Waals surface area contributed by atoms with Gasteiger partial charge < -0.3 is 0 Å². The van der Waals surface area contributed by atoms with Gasteiger partial charge >= 0.3 is 0 Å². The topological polar surface area (TPSA) is 0 Å². The number of thiophene rings is 1. The fourth-order valence-corrected chi connectivity index (χ4v) is 3.67. The molecule has 0 aliphatic rings. The molecule has 0 aliphatic heterocycles. The predicted octanol–water partition coefficient (Wildman–Crippen LogP) is 6.24. The fourth-order valence-electron chi connectivity index (χ4n) is 2.61. The van der Waals surface area contributed by atoms with E-state index in [1.165, 1.54) is 31.7 Å². The van der Waals surface area contributed by atoms with Crippen molar-refractivity contribution in [3.8, 4) is 21.6 Å². The summed E-state index contributed by atoms with van der Waals surface area (Å²) in [5.41, 5.74) is 3.82. The van der Waals surface area contributed by atoms with Gasteiger partial charge in [0, 0.05) is 9.58 Å². The Bertz CT molecular complexity index is 855. The van der Waals surface area contributed by atoms with Crippen molar-refractivity contribution in [2.24, 2.45) is 0 Å². The lowest BCUT2D eigenvalue weighted by Gasteiger charge is -2.04. The molecule has 3 aromatic carbocycles. The van der Waals surface area contributed by atoms with Gasteiger partial charge in [-0.25, -0.2) is 0 Å². The highest BCUT2D eigenvalue weighted by molar-refractivity contribution is 7.22. The van der Waals surface area contributed by atoms with Crippen LogP contribution in [0.3, 0.4) is 0 Å². The first-order valence-electron chi connectivity index (χ1n) is 7.04. The summed E-state index contributed by atoms with van der Waals surface area (Å²) in [5, 5.41) is 1.32. The Hall–Kier alpha value is -2.38. The summed E-state index contributed by atoms with van der Waals surface area (Å²) < 4.78 is 1.35. The molecule has 1 heteroatoms. The molecule has 0 bridgehead atoms. The molecule has 0 unspecified atom stereocenters. The van der Waals surface area contributed by atoms with Crippen LogP contribution in [0.5, 0.6) is 0 Å². The van der Waals surface area contributed by atoms with E-state index < -0.39 is 0 Å². The first kappa shape index (κ1) is 12.4. The van der Waals surface area contributed by atoms with Crippen molar-refractivity contribution in [2.75, 3.05) is 0 Å². The Morgan fingerprint density at radius 2 is 1.24 bits per heavy atom. The Morgan fingerprint density at radius 1 is 0.524 bits per heavy atom. The molecule has 0 radical (unpaired) electrons. The molecule has 1 heterocycles. The van der Waals surface area contributed by atoms with Gasteiger partial charge in [0.2, 0.25) is 0 Å². The Balaban J connectivity index is 1.82. The second-order valence-electron chi connectivity index (χ2n) is 5.10. The summed E-state index contributed by atoms with van der Waals surface area (Å²) in [6, 6.07) is 30.2. The van der Waals surface area contributed by atoms with E-state index in [0.29, 0.717) is 0 Å². The number of benzene rings is 3. The van der Waals surface area contributed by atoms with Crippen molar-refractivity contribution in [3.05, 3.63) is 84.9 Å². The number of fused-ring (bicyclic) bond motifs is 1. The van der Waals surface area contributed by atoms with Gasteiger partial charge in [0.15, 0.2) is 0 Å². The van der Waals surface area contributed by atoms with Crippen LogP contribution in [0.15, 0.2) is 84.9 Å². The summed E-state index contributed by atoms with van der Waals surface area (Å²) in [6.07, 6.45) is 0. The Kier molecular flexibility index (Phi) is 3.06. The molecule has 0 saturated heterocycles. The number of rotatable bonds is 2. The molecule has 0 saturated carbocycles. The van der Waals surface area contributed by atoms with Gasteiger partial charge in [-0.1, -0.05) is 66.7 Å². The van der Waals surface area contributed by atoms with E-state index in [2.05, 4.69) is 84.9 Å². The molecule has 0 N–H and O–H groups in total. The van der Waals surface area contributed by atoms with Crippen molar-refractivity contribution in [1.82, 2.24) is 0 Å². The van der Waals surface area contributed by atoms with E-state index in [9.17, 15) is 0 Å². The minimum absolute atomic E-state index is 1.26. The average molecular weight is 286 g/mol. The van der Waals surface area contributed by atoms with Crippen LogP contribution in [-0.2, 0) is 0 Å². The largest absolute Gasteiger partial charge is 0.135 e. The lowest BCUT2D eigenvalue weighted by molar-refractivity contribution is 1.62. The number of hydrogen-bond acceptors (Lipinski definition) is 1. The summed E-state index contributed by atoms with van der Waals surface area (Å²) in [4.78, 5) is 1.33. The van der Waals surface area contributed by atoms with Crippen LogP contribution in [0.25, 0.3) is 31.7 Å². The van der Waals surface area contributed by atoms with Crippen LogP contribution in [0.2, 0.25) is 0 Å². The molecule has 0 fully saturated rings. The van der Waals surface area contributed by atoms with Crippen molar-refractivity contribution >= 4 is 21.4 Å². The van der Waals surface area contributed by atoms with Crippen molar-refractivity contribution in [3.63, 3.8) is 0 Å². The minimum atomic E-state index is 1.26. The SMILES string of the molecule is c1ccc(-c2cccc(-c3cc4ccccc4s3)c2)cc1. The predicted molar refractivity (Wildman–Crippen MR) is 92.7 cm³/mol. The molecule has 4 aromatic rings. The molecule has 0 nitrogen and oxygen atoms in total. The highest BCUT2D eigenvalue weighted by Crippen LogP contribution is 2.35. The molecule has 0 amide bonds. The molecule has 0 spiro atoms.